The zero-order chi connectivity index (χ0) is 21.3. The third-order valence-electron chi connectivity index (χ3n) is 5.16. The van der Waals surface area contributed by atoms with Gasteiger partial charge in [0.2, 0.25) is 5.91 Å². The molecule has 0 bridgehead atoms. The number of carbonyl (C=O) groups is 1. The van der Waals surface area contributed by atoms with E-state index in [9.17, 15) is 9.59 Å². The highest BCUT2D eigenvalue weighted by Crippen LogP contribution is 2.27. The summed E-state index contributed by atoms with van der Waals surface area (Å²) in [6.07, 6.45) is 0. The molecule has 1 amide bonds. The van der Waals surface area contributed by atoms with Crippen molar-refractivity contribution in [2.45, 2.75) is 31.2 Å². The summed E-state index contributed by atoms with van der Waals surface area (Å²) in [4.78, 5) is 33.0. The smallest absolute Gasteiger partial charge is 0.266 e. The van der Waals surface area contributed by atoms with Crippen LogP contribution in [0.15, 0.2) is 52.4 Å². The maximum atomic E-state index is 13.4. The van der Waals surface area contributed by atoms with E-state index in [2.05, 4.69) is 6.07 Å². The Morgan fingerprint density at radius 1 is 1.10 bits per heavy atom. The molecular weight excluding hydrogens is 398 g/mol. The largest absolute Gasteiger partial charge is 0.378 e. The number of carbonyl (C=O) groups excluding carboxylic acids is 1. The molecule has 2 heterocycles. The molecule has 1 aromatic heterocycles. The lowest BCUT2D eigenvalue weighted by molar-refractivity contribution is -0.134. The average molecular weight is 424 g/mol. The standard InChI is InChI=1S/C23H25N3O3S/c1-15-12-16(2)14-18(13-15)26-22(28)19-6-4-5-7-20(19)24-23(26)30-17(3)21(27)25-8-10-29-11-9-25/h4-7,12-14,17H,8-11H2,1-3H3. The van der Waals surface area contributed by atoms with E-state index in [1.54, 1.807) is 10.6 Å². The van der Waals surface area contributed by atoms with Crippen molar-refractivity contribution in [3.63, 3.8) is 0 Å². The molecule has 2 aromatic carbocycles. The van der Waals surface area contributed by atoms with Crippen LogP contribution in [0.2, 0.25) is 0 Å². The topological polar surface area (TPSA) is 64.4 Å². The molecule has 1 aliphatic heterocycles. The third kappa shape index (κ3) is 4.13. The van der Waals surface area contributed by atoms with Crippen LogP contribution in [0.25, 0.3) is 16.6 Å². The minimum Gasteiger partial charge on any atom is -0.378 e. The number of benzene rings is 2. The van der Waals surface area contributed by atoms with Gasteiger partial charge in [-0.15, -0.1) is 0 Å². The van der Waals surface area contributed by atoms with Crippen molar-refractivity contribution in [1.82, 2.24) is 14.5 Å². The molecule has 3 aromatic rings. The zero-order valence-corrected chi connectivity index (χ0v) is 18.2. The van der Waals surface area contributed by atoms with E-state index in [0.717, 1.165) is 16.8 Å². The Kier molecular flexibility index (Phi) is 5.92. The number of ether oxygens (including phenoxy) is 1. The van der Waals surface area contributed by atoms with E-state index >= 15 is 0 Å². The van der Waals surface area contributed by atoms with Gasteiger partial charge in [0.1, 0.15) is 0 Å². The molecule has 1 unspecified atom stereocenters. The second-order valence-corrected chi connectivity index (χ2v) is 8.90. The van der Waals surface area contributed by atoms with Gasteiger partial charge in [-0.2, -0.15) is 0 Å². The lowest BCUT2D eigenvalue weighted by atomic mass is 10.1. The summed E-state index contributed by atoms with van der Waals surface area (Å²) >= 11 is 1.33. The van der Waals surface area contributed by atoms with Crippen molar-refractivity contribution < 1.29 is 9.53 Å². The Morgan fingerprint density at radius 3 is 2.47 bits per heavy atom. The highest BCUT2D eigenvalue weighted by atomic mass is 32.2. The maximum Gasteiger partial charge on any atom is 0.266 e. The minimum absolute atomic E-state index is 0.0395. The number of morpholine rings is 1. The monoisotopic (exact) mass is 423 g/mol. The number of hydrogen-bond donors (Lipinski definition) is 0. The van der Waals surface area contributed by atoms with E-state index in [1.165, 1.54) is 11.8 Å². The number of amides is 1. The molecule has 1 fully saturated rings. The van der Waals surface area contributed by atoms with Crippen molar-refractivity contribution in [3.05, 3.63) is 63.9 Å². The molecule has 4 rings (SSSR count). The number of aryl methyl sites for hydroxylation is 2. The molecule has 1 atom stereocenters. The van der Waals surface area contributed by atoms with Crippen molar-refractivity contribution in [2.75, 3.05) is 26.3 Å². The van der Waals surface area contributed by atoms with Crippen LogP contribution in [0.5, 0.6) is 0 Å². The lowest BCUT2D eigenvalue weighted by Crippen LogP contribution is -2.44. The number of aromatic nitrogens is 2. The van der Waals surface area contributed by atoms with Crippen molar-refractivity contribution >= 4 is 28.6 Å². The van der Waals surface area contributed by atoms with Crippen molar-refractivity contribution in [1.29, 1.82) is 0 Å². The highest BCUT2D eigenvalue weighted by molar-refractivity contribution is 8.00. The molecule has 0 saturated carbocycles. The van der Waals surface area contributed by atoms with E-state index in [4.69, 9.17) is 9.72 Å². The molecule has 1 saturated heterocycles. The Balaban J connectivity index is 1.79. The van der Waals surface area contributed by atoms with Crippen LogP contribution in [0, 0.1) is 13.8 Å². The van der Waals surface area contributed by atoms with Gasteiger partial charge in [-0.25, -0.2) is 4.98 Å². The summed E-state index contributed by atoms with van der Waals surface area (Å²) in [6.45, 7) is 8.20. The first-order valence-electron chi connectivity index (χ1n) is 10.1. The molecule has 0 aliphatic carbocycles. The first-order chi connectivity index (χ1) is 14.4. The van der Waals surface area contributed by atoms with Gasteiger partial charge >= 0.3 is 0 Å². The normalized spacial score (nSPS) is 15.4. The zero-order valence-electron chi connectivity index (χ0n) is 17.4. The van der Waals surface area contributed by atoms with Gasteiger partial charge in [0.15, 0.2) is 5.16 Å². The van der Waals surface area contributed by atoms with Crippen LogP contribution >= 0.6 is 11.8 Å². The highest BCUT2D eigenvalue weighted by Gasteiger charge is 2.25. The lowest BCUT2D eigenvalue weighted by Gasteiger charge is -2.29. The maximum absolute atomic E-state index is 13.4. The molecule has 0 N–H and O–H groups in total. The number of hydrogen-bond acceptors (Lipinski definition) is 5. The summed E-state index contributed by atoms with van der Waals surface area (Å²) in [5.41, 5.74) is 3.41. The SMILES string of the molecule is Cc1cc(C)cc(-n2c(SC(C)C(=O)N3CCOCC3)nc3ccccc3c2=O)c1. The second kappa shape index (κ2) is 8.62. The molecule has 1 aliphatic rings. The summed E-state index contributed by atoms with van der Waals surface area (Å²) in [6, 6.07) is 13.4. The predicted octanol–water partition coefficient (Wildman–Crippen LogP) is 3.34. The first-order valence-corrected chi connectivity index (χ1v) is 11.0. The predicted molar refractivity (Wildman–Crippen MR) is 120 cm³/mol. The summed E-state index contributed by atoms with van der Waals surface area (Å²) in [5.74, 6) is 0.0395. The Labute approximate surface area is 179 Å². The van der Waals surface area contributed by atoms with E-state index in [1.807, 2.05) is 56.0 Å². The summed E-state index contributed by atoms with van der Waals surface area (Å²) < 4.78 is 6.99. The van der Waals surface area contributed by atoms with Crippen molar-refractivity contribution in [3.8, 4) is 5.69 Å². The number of nitrogens with zero attached hydrogens (tertiary/aromatic N) is 3. The Bertz CT molecular complexity index is 1130. The van der Waals surface area contributed by atoms with Gasteiger partial charge in [0.25, 0.3) is 5.56 Å². The van der Waals surface area contributed by atoms with Gasteiger partial charge in [-0.1, -0.05) is 30.0 Å². The summed E-state index contributed by atoms with van der Waals surface area (Å²) in [5, 5.41) is 0.722. The van der Waals surface area contributed by atoms with E-state index < -0.39 is 0 Å². The average Bonchev–Trinajstić information content (AvgIpc) is 2.73. The van der Waals surface area contributed by atoms with E-state index in [-0.39, 0.29) is 16.7 Å². The van der Waals surface area contributed by atoms with Gasteiger partial charge in [0.05, 0.1) is 35.1 Å². The molecule has 6 nitrogen and oxygen atoms in total. The number of para-hydroxylation sites is 1. The van der Waals surface area contributed by atoms with Gasteiger partial charge in [-0.3, -0.25) is 14.2 Å². The number of fused-ring (bicyclic) bond motifs is 1. The molecule has 0 spiro atoms. The van der Waals surface area contributed by atoms with Crippen LogP contribution in [-0.2, 0) is 9.53 Å². The van der Waals surface area contributed by atoms with Crippen LogP contribution in [0.1, 0.15) is 18.1 Å². The van der Waals surface area contributed by atoms with Crippen LogP contribution in [-0.4, -0.2) is 51.9 Å². The minimum atomic E-state index is -0.367. The fourth-order valence-corrected chi connectivity index (χ4v) is 4.76. The van der Waals surface area contributed by atoms with Crippen LogP contribution < -0.4 is 5.56 Å². The van der Waals surface area contributed by atoms with Crippen LogP contribution in [0.3, 0.4) is 0 Å². The van der Waals surface area contributed by atoms with Gasteiger partial charge in [0, 0.05) is 13.1 Å². The Hall–Kier alpha value is -2.64. The summed E-state index contributed by atoms with van der Waals surface area (Å²) in [7, 11) is 0. The second-order valence-electron chi connectivity index (χ2n) is 7.60. The molecule has 30 heavy (non-hydrogen) atoms. The fourth-order valence-electron chi connectivity index (χ4n) is 3.75. The van der Waals surface area contributed by atoms with Crippen LogP contribution in [0.4, 0.5) is 0 Å². The molecule has 0 radical (unpaired) electrons. The van der Waals surface area contributed by atoms with Gasteiger partial charge < -0.3 is 9.64 Å². The molecule has 156 valence electrons. The van der Waals surface area contributed by atoms with Crippen molar-refractivity contribution in [2.24, 2.45) is 0 Å². The first kappa shape index (κ1) is 20.6. The molecular formula is C23H25N3O3S. The number of thioether (sulfide) groups is 1. The molecule has 7 heteroatoms. The quantitative estimate of drug-likeness (QED) is 0.476. The van der Waals surface area contributed by atoms with E-state index in [0.29, 0.717) is 42.4 Å². The third-order valence-corrected chi connectivity index (χ3v) is 6.20. The number of rotatable bonds is 4. The fraction of sp³-hybridized carbons (Fsp3) is 0.348. The Morgan fingerprint density at radius 2 is 1.77 bits per heavy atom. The van der Waals surface area contributed by atoms with Gasteiger partial charge in [-0.05, 0) is 56.2 Å².